The van der Waals surface area contributed by atoms with Crippen LogP contribution in [0.4, 0.5) is 5.69 Å². The summed E-state index contributed by atoms with van der Waals surface area (Å²) >= 11 is 0. The number of aromatic nitrogens is 2. The van der Waals surface area contributed by atoms with Gasteiger partial charge in [0.1, 0.15) is 0 Å². The van der Waals surface area contributed by atoms with Crippen LogP contribution in [0.25, 0.3) is 11.5 Å². The molecule has 26 heavy (non-hydrogen) atoms. The molecule has 0 aliphatic carbocycles. The zero-order chi connectivity index (χ0) is 17.9. The fraction of sp³-hybridized carbons (Fsp3) is 0.333. The first-order valence-corrected chi connectivity index (χ1v) is 9.15. The fourth-order valence-electron chi connectivity index (χ4n) is 3.46. The summed E-state index contributed by atoms with van der Waals surface area (Å²) in [5.74, 6) is 1.29. The highest BCUT2D eigenvalue weighted by atomic mass is 16.4. The summed E-state index contributed by atoms with van der Waals surface area (Å²) < 4.78 is 5.97. The van der Waals surface area contributed by atoms with Crippen molar-refractivity contribution >= 4 is 5.69 Å². The standard InChI is InChI=1S/C21H24N4O/c1-16-7-6-8-18(15-16)21-23-22-20(26-21)17(2)24-11-13-25(14-12-24)19-9-4-3-5-10-19/h3-10,15,17H,11-14H2,1-2H3/t17-/m0/s1. The number of piperazine rings is 1. The molecule has 0 radical (unpaired) electrons. The van der Waals surface area contributed by atoms with E-state index in [0.29, 0.717) is 11.8 Å². The second-order valence-electron chi connectivity index (χ2n) is 6.85. The first-order valence-electron chi connectivity index (χ1n) is 9.15. The van der Waals surface area contributed by atoms with Crippen LogP contribution in [0.3, 0.4) is 0 Å². The third kappa shape index (κ3) is 3.48. The monoisotopic (exact) mass is 348 g/mol. The van der Waals surface area contributed by atoms with Crippen molar-refractivity contribution in [3.8, 4) is 11.5 Å². The zero-order valence-electron chi connectivity index (χ0n) is 15.3. The smallest absolute Gasteiger partial charge is 0.247 e. The van der Waals surface area contributed by atoms with Crippen molar-refractivity contribution in [3.05, 3.63) is 66.1 Å². The molecular formula is C21H24N4O. The number of para-hydroxylation sites is 1. The molecule has 2 heterocycles. The third-order valence-corrected chi connectivity index (χ3v) is 5.05. The summed E-state index contributed by atoms with van der Waals surface area (Å²) in [7, 11) is 0. The molecule has 0 saturated carbocycles. The Morgan fingerprint density at radius 1 is 0.923 bits per heavy atom. The number of hydrogen-bond acceptors (Lipinski definition) is 5. The number of hydrogen-bond donors (Lipinski definition) is 0. The average molecular weight is 348 g/mol. The minimum Gasteiger partial charge on any atom is -0.419 e. The van der Waals surface area contributed by atoms with E-state index in [4.69, 9.17) is 4.42 Å². The Hall–Kier alpha value is -2.66. The molecular weight excluding hydrogens is 324 g/mol. The lowest BCUT2D eigenvalue weighted by molar-refractivity contribution is 0.174. The van der Waals surface area contributed by atoms with Crippen LogP contribution in [0, 0.1) is 6.92 Å². The lowest BCUT2D eigenvalue weighted by Gasteiger charge is -2.38. The van der Waals surface area contributed by atoms with Crippen molar-refractivity contribution in [1.82, 2.24) is 15.1 Å². The molecule has 0 unspecified atom stereocenters. The average Bonchev–Trinajstić information content (AvgIpc) is 3.18. The number of anilines is 1. The van der Waals surface area contributed by atoms with Crippen molar-refractivity contribution < 1.29 is 4.42 Å². The van der Waals surface area contributed by atoms with Crippen molar-refractivity contribution in [3.63, 3.8) is 0 Å². The predicted octanol–water partition coefficient (Wildman–Crippen LogP) is 3.93. The van der Waals surface area contributed by atoms with Gasteiger partial charge in [0.25, 0.3) is 0 Å². The molecule has 5 nitrogen and oxygen atoms in total. The van der Waals surface area contributed by atoms with Gasteiger partial charge in [-0.25, -0.2) is 0 Å². The molecule has 1 aliphatic rings. The molecule has 1 saturated heterocycles. The number of nitrogens with zero attached hydrogens (tertiary/aromatic N) is 4. The maximum absolute atomic E-state index is 5.97. The quantitative estimate of drug-likeness (QED) is 0.715. The van der Waals surface area contributed by atoms with Crippen LogP contribution >= 0.6 is 0 Å². The van der Waals surface area contributed by atoms with Crippen molar-refractivity contribution in [1.29, 1.82) is 0 Å². The minimum atomic E-state index is 0.124. The summed E-state index contributed by atoms with van der Waals surface area (Å²) in [5.41, 5.74) is 3.46. The SMILES string of the molecule is Cc1cccc(-c2nnc([C@H](C)N3CCN(c4ccccc4)CC3)o2)c1. The van der Waals surface area contributed by atoms with Crippen LogP contribution in [0.1, 0.15) is 24.4 Å². The zero-order valence-corrected chi connectivity index (χ0v) is 15.3. The molecule has 4 rings (SSSR count). The van der Waals surface area contributed by atoms with E-state index in [-0.39, 0.29) is 6.04 Å². The van der Waals surface area contributed by atoms with E-state index in [1.165, 1.54) is 11.3 Å². The van der Waals surface area contributed by atoms with Crippen LogP contribution in [-0.2, 0) is 0 Å². The van der Waals surface area contributed by atoms with Gasteiger partial charge in [0.2, 0.25) is 11.8 Å². The maximum Gasteiger partial charge on any atom is 0.247 e. The van der Waals surface area contributed by atoms with E-state index in [9.17, 15) is 0 Å². The maximum atomic E-state index is 5.97. The van der Waals surface area contributed by atoms with Crippen LogP contribution in [0.15, 0.2) is 59.0 Å². The summed E-state index contributed by atoms with van der Waals surface area (Å²) in [6, 6.07) is 18.9. The molecule has 2 aromatic carbocycles. The molecule has 1 aliphatic heterocycles. The predicted molar refractivity (Wildman–Crippen MR) is 103 cm³/mol. The molecule has 134 valence electrons. The van der Waals surface area contributed by atoms with Gasteiger partial charge in [0.05, 0.1) is 6.04 Å². The van der Waals surface area contributed by atoms with Crippen molar-refractivity contribution in [2.45, 2.75) is 19.9 Å². The normalized spacial score (nSPS) is 16.6. The summed E-state index contributed by atoms with van der Waals surface area (Å²) in [6.45, 7) is 8.19. The first kappa shape index (κ1) is 16.8. The number of benzene rings is 2. The summed E-state index contributed by atoms with van der Waals surface area (Å²) in [6.07, 6.45) is 0. The highest BCUT2D eigenvalue weighted by Crippen LogP contribution is 2.26. The summed E-state index contributed by atoms with van der Waals surface area (Å²) in [5, 5.41) is 8.55. The molecule has 1 fully saturated rings. The Balaban J connectivity index is 1.42. The second-order valence-corrected chi connectivity index (χ2v) is 6.85. The molecule has 1 atom stereocenters. The Morgan fingerprint density at radius 2 is 1.69 bits per heavy atom. The van der Waals surface area contributed by atoms with E-state index in [0.717, 1.165) is 31.7 Å². The second kappa shape index (κ2) is 7.30. The van der Waals surface area contributed by atoms with E-state index in [1.807, 2.05) is 12.1 Å². The lowest BCUT2D eigenvalue weighted by atomic mass is 10.1. The van der Waals surface area contributed by atoms with Crippen LogP contribution in [-0.4, -0.2) is 41.3 Å². The number of rotatable bonds is 4. The molecule has 0 N–H and O–H groups in total. The molecule has 1 aromatic heterocycles. The topological polar surface area (TPSA) is 45.4 Å². The fourth-order valence-corrected chi connectivity index (χ4v) is 3.46. The van der Waals surface area contributed by atoms with Crippen molar-refractivity contribution in [2.75, 3.05) is 31.1 Å². The van der Waals surface area contributed by atoms with Gasteiger partial charge in [-0.15, -0.1) is 10.2 Å². The van der Waals surface area contributed by atoms with E-state index in [2.05, 4.69) is 76.3 Å². The van der Waals surface area contributed by atoms with E-state index >= 15 is 0 Å². The van der Waals surface area contributed by atoms with Gasteiger partial charge < -0.3 is 9.32 Å². The minimum absolute atomic E-state index is 0.124. The van der Waals surface area contributed by atoms with Gasteiger partial charge in [0.15, 0.2) is 0 Å². The highest BCUT2D eigenvalue weighted by Gasteiger charge is 2.25. The van der Waals surface area contributed by atoms with Gasteiger partial charge in [-0.3, -0.25) is 4.90 Å². The van der Waals surface area contributed by atoms with Crippen LogP contribution < -0.4 is 4.90 Å². The van der Waals surface area contributed by atoms with Crippen molar-refractivity contribution in [2.24, 2.45) is 0 Å². The van der Waals surface area contributed by atoms with Gasteiger partial charge in [0, 0.05) is 37.4 Å². The molecule has 0 spiro atoms. The third-order valence-electron chi connectivity index (χ3n) is 5.05. The van der Waals surface area contributed by atoms with Crippen LogP contribution in [0.2, 0.25) is 0 Å². The van der Waals surface area contributed by atoms with Gasteiger partial charge in [-0.05, 0) is 38.1 Å². The highest BCUT2D eigenvalue weighted by molar-refractivity contribution is 5.53. The Bertz CT molecular complexity index is 853. The molecule has 5 heteroatoms. The van der Waals surface area contributed by atoms with Gasteiger partial charge in [-0.2, -0.15) is 0 Å². The Morgan fingerprint density at radius 3 is 2.42 bits per heavy atom. The molecule has 3 aromatic rings. The van der Waals surface area contributed by atoms with Gasteiger partial charge >= 0.3 is 0 Å². The Labute approximate surface area is 154 Å². The number of aryl methyl sites for hydroxylation is 1. The van der Waals surface area contributed by atoms with E-state index in [1.54, 1.807) is 0 Å². The summed E-state index contributed by atoms with van der Waals surface area (Å²) in [4.78, 5) is 4.84. The van der Waals surface area contributed by atoms with E-state index < -0.39 is 0 Å². The Kier molecular flexibility index (Phi) is 4.71. The lowest BCUT2D eigenvalue weighted by Crippen LogP contribution is -2.47. The van der Waals surface area contributed by atoms with Crippen LogP contribution in [0.5, 0.6) is 0 Å². The molecule has 0 bridgehead atoms. The first-order chi connectivity index (χ1) is 12.7. The molecule has 0 amide bonds. The van der Waals surface area contributed by atoms with Gasteiger partial charge in [-0.1, -0.05) is 35.9 Å². The largest absolute Gasteiger partial charge is 0.419 e.